The Kier molecular flexibility index (Phi) is 6.49. The van der Waals surface area contributed by atoms with Crippen LogP contribution in [0.3, 0.4) is 0 Å². The van der Waals surface area contributed by atoms with Crippen molar-refractivity contribution >= 4 is 5.91 Å². The summed E-state index contributed by atoms with van der Waals surface area (Å²) in [5, 5.41) is 22.5. The fraction of sp³-hybridized carbons (Fsp3) is 0.450. The van der Waals surface area contributed by atoms with Crippen LogP contribution in [0.1, 0.15) is 34.7 Å². The van der Waals surface area contributed by atoms with Crippen molar-refractivity contribution in [2.75, 3.05) is 20.2 Å². The van der Waals surface area contributed by atoms with E-state index in [-0.39, 0.29) is 18.6 Å². The van der Waals surface area contributed by atoms with Gasteiger partial charge in [-0.15, -0.1) is 0 Å². The van der Waals surface area contributed by atoms with Crippen molar-refractivity contribution in [3.63, 3.8) is 0 Å². The van der Waals surface area contributed by atoms with Crippen molar-refractivity contribution < 1.29 is 24.2 Å². The zero-order valence-electron chi connectivity index (χ0n) is 15.4. The quantitative estimate of drug-likeness (QED) is 0.710. The van der Waals surface area contributed by atoms with E-state index in [9.17, 15) is 9.90 Å². The maximum absolute atomic E-state index is 12.5. The molecule has 1 aromatic heterocycles. The number of carbonyl (C=O) groups is 1. The van der Waals surface area contributed by atoms with Gasteiger partial charge in [0.2, 0.25) is 0 Å². The summed E-state index contributed by atoms with van der Waals surface area (Å²) in [6.45, 7) is 1.78. The van der Waals surface area contributed by atoms with Crippen molar-refractivity contribution in [3.05, 3.63) is 53.5 Å². The van der Waals surface area contributed by atoms with Crippen molar-refractivity contribution in [2.24, 2.45) is 0 Å². The number of nitrogens with zero attached hydrogens (tertiary/aromatic N) is 1. The van der Waals surface area contributed by atoms with Crippen molar-refractivity contribution in [1.82, 2.24) is 10.2 Å². The maximum Gasteiger partial charge on any atom is 0.251 e. The number of hydrogen-bond acceptors (Lipinski definition) is 6. The van der Waals surface area contributed by atoms with E-state index in [2.05, 4.69) is 10.2 Å². The SMILES string of the molecule is COc1ccc(C(=O)N[C@H]2CN(Cc3ccc(CO)o3)CCC[C@H]2O)cc1. The lowest BCUT2D eigenvalue weighted by molar-refractivity contribution is 0.0794. The van der Waals surface area contributed by atoms with Gasteiger partial charge in [-0.2, -0.15) is 0 Å². The Morgan fingerprint density at radius 1 is 1.26 bits per heavy atom. The molecular weight excluding hydrogens is 348 g/mol. The largest absolute Gasteiger partial charge is 0.497 e. The lowest BCUT2D eigenvalue weighted by Crippen LogP contribution is -2.48. The molecule has 2 heterocycles. The molecule has 1 fully saturated rings. The molecule has 0 unspecified atom stereocenters. The predicted octanol–water partition coefficient (Wildman–Crippen LogP) is 1.54. The van der Waals surface area contributed by atoms with Crippen LogP contribution in [0.5, 0.6) is 5.75 Å². The third kappa shape index (κ3) is 5.09. The molecule has 1 amide bonds. The topological polar surface area (TPSA) is 95.2 Å². The van der Waals surface area contributed by atoms with Crippen LogP contribution in [0.4, 0.5) is 0 Å². The summed E-state index contributed by atoms with van der Waals surface area (Å²) in [6.07, 6.45) is 0.870. The van der Waals surface area contributed by atoms with Gasteiger partial charge >= 0.3 is 0 Å². The van der Waals surface area contributed by atoms with Crippen molar-refractivity contribution in [3.8, 4) is 5.75 Å². The molecule has 1 aliphatic heterocycles. The number of benzene rings is 1. The van der Waals surface area contributed by atoms with E-state index >= 15 is 0 Å². The molecule has 1 saturated heterocycles. The molecule has 0 aliphatic carbocycles. The Hall–Kier alpha value is -2.35. The minimum atomic E-state index is -0.596. The normalized spacial score (nSPS) is 20.9. The van der Waals surface area contributed by atoms with Gasteiger partial charge in [-0.3, -0.25) is 9.69 Å². The number of likely N-dealkylation sites (tertiary alicyclic amines) is 1. The van der Waals surface area contributed by atoms with Gasteiger partial charge in [0.05, 0.1) is 25.8 Å². The first-order chi connectivity index (χ1) is 13.1. The highest BCUT2D eigenvalue weighted by Crippen LogP contribution is 2.17. The van der Waals surface area contributed by atoms with E-state index in [0.29, 0.717) is 36.6 Å². The Labute approximate surface area is 158 Å². The highest BCUT2D eigenvalue weighted by molar-refractivity contribution is 5.94. The fourth-order valence-corrected chi connectivity index (χ4v) is 3.31. The molecule has 7 heteroatoms. The first-order valence-electron chi connectivity index (χ1n) is 9.13. The number of nitrogens with one attached hydrogen (secondary N) is 1. The molecule has 0 spiro atoms. The van der Waals surface area contributed by atoms with Gasteiger partial charge in [0.25, 0.3) is 5.91 Å². The number of methoxy groups -OCH3 is 1. The Morgan fingerprint density at radius 3 is 2.67 bits per heavy atom. The monoisotopic (exact) mass is 374 g/mol. The smallest absolute Gasteiger partial charge is 0.251 e. The van der Waals surface area contributed by atoms with Gasteiger partial charge in [-0.05, 0) is 55.8 Å². The van der Waals surface area contributed by atoms with Gasteiger partial charge < -0.3 is 24.7 Å². The van der Waals surface area contributed by atoms with Crippen LogP contribution >= 0.6 is 0 Å². The molecule has 0 saturated carbocycles. The average molecular weight is 374 g/mol. The van der Waals surface area contributed by atoms with E-state index in [4.69, 9.17) is 14.3 Å². The summed E-state index contributed by atoms with van der Waals surface area (Å²) in [6, 6.07) is 10.1. The molecule has 1 aliphatic rings. The minimum Gasteiger partial charge on any atom is -0.497 e. The van der Waals surface area contributed by atoms with Gasteiger partial charge in [0, 0.05) is 12.1 Å². The van der Waals surface area contributed by atoms with Crippen LogP contribution in [0.15, 0.2) is 40.8 Å². The zero-order chi connectivity index (χ0) is 19.2. The van der Waals surface area contributed by atoms with Gasteiger partial charge in [-0.25, -0.2) is 0 Å². The second-order valence-electron chi connectivity index (χ2n) is 6.78. The molecular formula is C20H26N2O5. The number of aliphatic hydroxyl groups excluding tert-OH is 2. The second kappa shape index (κ2) is 9.03. The average Bonchev–Trinajstić information content (AvgIpc) is 3.07. The van der Waals surface area contributed by atoms with Gasteiger partial charge in [0.15, 0.2) is 0 Å². The number of carbonyl (C=O) groups excluding carboxylic acids is 1. The predicted molar refractivity (Wildman–Crippen MR) is 99.4 cm³/mol. The van der Waals surface area contributed by atoms with E-state index in [0.717, 1.165) is 18.7 Å². The number of hydrogen-bond donors (Lipinski definition) is 3. The van der Waals surface area contributed by atoms with Crippen LogP contribution in [0.25, 0.3) is 0 Å². The van der Waals surface area contributed by atoms with Crippen LogP contribution in [-0.4, -0.2) is 53.4 Å². The van der Waals surface area contributed by atoms with E-state index in [1.54, 1.807) is 37.4 Å². The molecule has 1 aromatic carbocycles. The molecule has 2 aromatic rings. The van der Waals surface area contributed by atoms with Crippen LogP contribution in [-0.2, 0) is 13.2 Å². The summed E-state index contributed by atoms with van der Waals surface area (Å²) in [7, 11) is 1.58. The van der Waals surface area contributed by atoms with Crippen molar-refractivity contribution in [2.45, 2.75) is 38.1 Å². The molecule has 7 nitrogen and oxygen atoms in total. The number of aliphatic hydroxyl groups is 2. The first-order valence-corrected chi connectivity index (χ1v) is 9.13. The van der Waals surface area contributed by atoms with Crippen LogP contribution in [0.2, 0.25) is 0 Å². The van der Waals surface area contributed by atoms with E-state index in [1.165, 1.54) is 0 Å². The molecule has 0 radical (unpaired) electrons. The Balaban J connectivity index is 1.63. The molecule has 27 heavy (non-hydrogen) atoms. The zero-order valence-corrected chi connectivity index (χ0v) is 15.4. The summed E-state index contributed by atoms with van der Waals surface area (Å²) in [4.78, 5) is 14.7. The second-order valence-corrected chi connectivity index (χ2v) is 6.78. The van der Waals surface area contributed by atoms with Gasteiger partial charge in [0.1, 0.15) is 23.9 Å². The van der Waals surface area contributed by atoms with E-state index in [1.807, 2.05) is 6.07 Å². The third-order valence-electron chi connectivity index (χ3n) is 4.81. The van der Waals surface area contributed by atoms with Gasteiger partial charge in [-0.1, -0.05) is 0 Å². The van der Waals surface area contributed by atoms with E-state index < -0.39 is 6.10 Å². The highest BCUT2D eigenvalue weighted by atomic mass is 16.5. The van der Waals surface area contributed by atoms with Crippen LogP contribution < -0.4 is 10.1 Å². The lowest BCUT2D eigenvalue weighted by Gasteiger charge is -2.26. The number of rotatable bonds is 6. The van der Waals surface area contributed by atoms with Crippen molar-refractivity contribution in [1.29, 1.82) is 0 Å². The fourth-order valence-electron chi connectivity index (χ4n) is 3.31. The molecule has 146 valence electrons. The molecule has 3 N–H and O–H groups in total. The summed E-state index contributed by atoms with van der Waals surface area (Å²) in [5.74, 6) is 1.76. The molecule has 0 bridgehead atoms. The highest BCUT2D eigenvalue weighted by Gasteiger charge is 2.27. The van der Waals surface area contributed by atoms with Crippen LogP contribution in [0, 0.1) is 0 Å². The number of amides is 1. The Morgan fingerprint density at radius 2 is 2.00 bits per heavy atom. The molecule has 2 atom stereocenters. The molecule has 3 rings (SSSR count). The Bertz CT molecular complexity index is 743. The first kappa shape index (κ1) is 19.4. The number of ether oxygens (including phenoxy) is 1. The summed E-state index contributed by atoms with van der Waals surface area (Å²) < 4.78 is 10.7. The summed E-state index contributed by atoms with van der Waals surface area (Å²) >= 11 is 0. The lowest BCUT2D eigenvalue weighted by atomic mass is 10.1. The summed E-state index contributed by atoms with van der Waals surface area (Å²) in [5.41, 5.74) is 0.525. The number of furan rings is 1. The maximum atomic E-state index is 12.5. The third-order valence-corrected chi connectivity index (χ3v) is 4.81. The minimum absolute atomic E-state index is 0.126. The standard InChI is InChI=1S/C20H26N2O5/c1-26-15-6-4-14(5-7-15)20(25)21-18-12-22(10-2-3-19(18)24)11-16-8-9-17(13-23)27-16/h4-9,18-19,23-24H,2-3,10-13H2,1H3,(H,21,25)/t18-,19+/m0/s1.